The summed E-state index contributed by atoms with van der Waals surface area (Å²) in [6.07, 6.45) is 3.04. The Labute approximate surface area is 182 Å². The van der Waals surface area contributed by atoms with Gasteiger partial charge in [-0.15, -0.1) is 12.4 Å². The van der Waals surface area contributed by atoms with Crippen LogP contribution in [0.3, 0.4) is 0 Å². The van der Waals surface area contributed by atoms with E-state index in [0.29, 0.717) is 17.9 Å². The third kappa shape index (κ3) is 4.92. The lowest BCUT2D eigenvalue weighted by molar-refractivity contribution is 0.0788. The fourth-order valence-electron chi connectivity index (χ4n) is 3.68. The highest BCUT2D eigenvalue weighted by atomic mass is 35.5. The van der Waals surface area contributed by atoms with Gasteiger partial charge in [-0.25, -0.2) is 4.98 Å². The Kier molecular flexibility index (Phi) is 7.17. The van der Waals surface area contributed by atoms with E-state index in [4.69, 9.17) is 26.1 Å². The number of pyridine rings is 2. The van der Waals surface area contributed by atoms with Crippen LogP contribution in [0.25, 0.3) is 10.9 Å². The van der Waals surface area contributed by atoms with E-state index < -0.39 is 0 Å². The highest BCUT2D eigenvalue weighted by Crippen LogP contribution is 2.32. The molecule has 3 heterocycles. The van der Waals surface area contributed by atoms with Gasteiger partial charge in [-0.05, 0) is 44.5 Å². The molecule has 4 rings (SSSR count). The zero-order valence-corrected chi connectivity index (χ0v) is 18.2. The number of aromatic nitrogens is 2. The van der Waals surface area contributed by atoms with Crippen LogP contribution in [0.5, 0.6) is 5.75 Å². The van der Waals surface area contributed by atoms with E-state index in [0.717, 1.165) is 54.0 Å². The van der Waals surface area contributed by atoms with Crippen LogP contribution in [0.1, 0.15) is 24.6 Å². The summed E-state index contributed by atoms with van der Waals surface area (Å²) < 4.78 is 11.7. The fourth-order valence-corrected chi connectivity index (χ4v) is 3.85. The largest absolute Gasteiger partial charge is 0.489 e. The second kappa shape index (κ2) is 9.61. The molecule has 0 bridgehead atoms. The first-order valence-electron chi connectivity index (χ1n) is 9.64. The van der Waals surface area contributed by atoms with E-state index in [9.17, 15) is 0 Å². The van der Waals surface area contributed by atoms with Crippen LogP contribution < -0.4 is 9.64 Å². The molecule has 7 heteroatoms. The molecule has 0 spiro atoms. The maximum absolute atomic E-state index is 6.11. The van der Waals surface area contributed by atoms with Crippen molar-refractivity contribution in [1.82, 2.24) is 9.97 Å². The van der Waals surface area contributed by atoms with Crippen molar-refractivity contribution in [3.63, 3.8) is 0 Å². The summed E-state index contributed by atoms with van der Waals surface area (Å²) in [5, 5.41) is 1.60. The Morgan fingerprint density at radius 2 is 2.10 bits per heavy atom. The number of aryl methyl sites for hydroxylation is 1. The van der Waals surface area contributed by atoms with Crippen molar-refractivity contribution in [3.8, 4) is 5.75 Å². The molecule has 2 aromatic heterocycles. The smallest absolute Gasteiger partial charge is 0.135 e. The average molecular weight is 434 g/mol. The first-order valence-corrected chi connectivity index (χ1v) is 10.0. The monoisotopic (exact) mass is 433 g/mol. The van der Waals surface area contributed by atoms with Crippen molar-refractivity contribution in [2.75, 3.05) is 24.6 Å². The van der Waals surface area contributed by atoms with Gasteiger partial charge in [0.1, 0.15) is 17.5 Å². The van der Waals surface area contributed by atoms with Crippen molar-refractivity contribution < 1.29 is 9.47 Å². The summed E-state index contributed by atoms with van der Waals surface area (Å²) in [5.74, 6) is 0.769. The number of rotatable bonds is 6. The minimum Gasteiger partial charge on any atom is -0.489 e. The first-order chi connectivity index (χ1) is 13.6. The predicted molar refractivity (Wildman–Crippen MR) is 120 cm³/mol. The standard InChI is InChI=1S/C22H24ClN3O2.ClH/c1-3-27-18-8-10-26(13-18)21-11-15(2)25-20-12-17(6-7-19(20)21)28-14-16-5-4-9-24-22(16)23;/h4-7,9,11-12,18H,3,8,10,13-14H2,1-2H3;1H. The molecule has 0 saturated carbocycles. The van der Waals surface area contributed by atoms with Crippen LogP contribution in [-0.4, -0.2) is 35.8 Å². The molecule has 154 valence electrons. The van der Waals surface area contributed by atoms with Gasteiger partial charge >= 0.3 is 0 Å². The molecule has 1 fully saturated rings. The van der Waals surface area contributed by atoms with Crippen LogP contribution in [0.15, 0.2) is 42.6 Å². The van der Waals surface area contributed by atoms with Crippen LogP contribution >= 0.6 is 24.0 Å². The van der Waals surface area contributed by atoms with Gasteiger partial charge < -0.3 is 14.4 Å². The number of halogens is 2. The van der Waals surface area contributed by atoms with Crippen LogP contribution in [0.4, 0.5) is 5.69 Å². The summed E-state index contributed by atoms with van der Waals surface area (Å²) in [7, 11) is 0. The summed E-state index contributed by atoms with van der Waals surface area (Å²) in [5.41, 5.74) is 4.01. The predicted octanol–water partition coefficient (Wildman–Crippen LogP) is 5.21. The zero-order chi connectivity index (χ0) is 19.5. The van der Waals surface area contributed by atoms with E-state index in [1.807, 2.05) is 31.2 Å². The SMILES string of the molecule is CCOC1CCN(c2cc(C)nc3cc(OCc4cccnc4Cl)ccc23)C1.Cl. The van der Waals surface area contributed by atoms with Gasteiger partial charge in [0.05, 0.1) is 11.6 Å². The second-order valence-electron chi connectivity index (χ2n) is 7.02. The summed E-state index contributed by atoms with van der Waals surface area (Å²) in [4.78, 5) is 11.2. The van der Waals surface area contributed by atoms with Gasteiger partial charge in [-0.1, -0.05) is 17.7 Å². The summed E-state index contributed by atoms with van der Waals surface area (Å²) in [6, 6.07) is 12.0. The van der Waals surface area contributed by atoms with Crippen molar-refractivity contribution >= 4 is 40.6 Å². The summed E-state index contributed by atoms with van der Waals surface area (Å²) in [6.45, 7) is 7.14. The molecule has 3 aromatic rings. The van der Waals surface area contributed by atoms with Crippen LogP contribution in [0, 0.1) is 6.92 Å². The molecular weight excluding hydrogens is 409 g/mol. The Hall–Kier alpha value is -2.08. The summed E-state index contributed by atoms with van der Waals surface area (Å²) >= 11 is 6.11. The first kappa shape index (κ1) is 21.6. The van der Waals surface area contributed by atoms with Gasteiger partial charge in [0.2, 0.25) is 0 Å². The number of anilines is 1. The number of fused-ring (bicyclic) bond motifs is 1. The Morgan fingerprint density at radius 3 is 2.90 bits per heavy atom. The molecule has 1 atom stereocenters. The van der Waals surface area contributed by atoms with Crippen LogP contribution in [-0.2, 0) is 11.3 Å². The molecule has 0 amide bonds. The van der Waals surface area contributed by atoms with Gasteiger partial charge in [-0.3, -0.25) is 4.98 Å². The Balaban J connectivity index is 0.00000240. The molecule has 1 aliphatic heterocycles. The van der Waals surface area contributed by atoms with Crippen molar-refractivity contribution in [2.45, 2.75) is 33.0 Å². The normalized spacial score (nSPS) is 16.1. The zero-order valence-electron chi connectivity index (χ0n) is 16.6. The van der Waals surface area contributed by atoms with Crippen molar-refractivity contribution in [1.29, 1.82) is 0 Å². The number of hydrogen-bond acceptors (Lipinski definition) is 5. The Bertz CT molecular complexity index is 983. The fraction of sp³-hybridized carbons (Fsp3) is 0.364. The van der Waals surface area contributed by atoms with Gasteiger partial charge in [0.25, 0.3) is 0 Å². The van der Waals surface area contributed by atoms with E-state index in [2.05, 4.69) is 28.9 Å². The topological polar surface area (TPSA) is 47.5 Å². The lowest BCUT2D eigenvalue weighted by Gasteiger charge is -2.21. The van der Waals surface area contributed by atoms with Crippen molar-refractivity contribution in [3.05, 3.63) is 59.0 Å². The maximum Gasteiger partial charge on any atom is 0.135 e. The third-order valence-corrected chi connectivity index (χ3v) is 5.35. The van der Waals surface area contributed by atoms with Crippen LogP contribution in [0.2, 0.25) is 5.15 Å². The van der Waals surface area contributed by atoms with Gasteiger partial charge in [-0.2, -0.15) is 0 Å². The van der Waals surface area contributed by atoms with Gasteiger partial charge in [0.15, 0.2) is 0 Å². The van der Waals surface area contributed by atoms with E-state index in [1.54, 1.807) is 6.20 Å². The van der Waals surface area contributed by atoms with E-state index in [1.165, 1.54) is 5.69 Å². The molecule has 29 heavy (non-hydrogen) atoms. The minimum atomic E-state index is 0. The lowest BCUT2D eigenvalue weighted by atomic mass is 10.1. The number of ether oxygens (including phenoxy) is 2. The molecule has 0 radical (unpaired) electrons. The maximum atomic E-state index is 6.11. The molecule has 5 nitrogen and oxygen atoms in total. The molecular formula is C22H25Cl2N3O2. The highest BCUT2D eigenvalue weighted by molar-refractivity contribution is 6.30. The van der Waals surface area contributed by atoms with Gasteiger partial charge in [0, 0.05) is 54.3 Å². The highest BCUT2D eigenvalue weighted by Gasteiger charge is 2.24. The Morgan fingerprint density at radius 1 is 1.24 bits per heavy atom. The number of benzene rings is 1. The van der Waals surface area contributed by atoms with Crippen molar-refractivity contribution in [2.24, 2.45) is 0 Å². The molecule has 1 unspecified atom stereocenters. The lowest BCUT2D eigenvalue weighted by Crippen LogP contribution is -2.23. The quantitative estimate of drug-likeness (QED) is 0.499. The third-order valence-electron chi connectivity index (χ3n) is 5.01. The van der Waals surface area contributed by atoms with E-state index >= 15 is 0 Å². The number of hydrogen-bond donors (Lipinski definition) is 0. The molecule has 1 saturated heterocycles. The average Bonchev–Trinajstić information content (AvgIpc) is 3.15. The molecule has 1 aromatic carbocycles. The minimum absolute atomic E-state index is 0. The molecule has 0 aliphatic carbocycles. The second-order valence-corrected chi connectivity index (χ2v) is 7.37. The molecule has 1 aliphatic rings. The van der Waals surface area contributed by atoms with E-state index in [-0.39, 0.29) is 12.4 Å². The number of nitrogens with zero attached hydrogens (tertiary/aromatic N) is 3. The molecule has 0 N–H and O–H groups in total.